The molecule has 0 amide bonds. The fourth-order valence-corrected chi connectivity index (χ4v) is 0.769. The van der Waals surface area contributed by atoms with E-state index in [9.17, 15) is 4.79 Å². The van der Waals surface area contributed by atoms with E-state index in [1.807, 2.05) is 0 Å². The minimum atomic E-state index is 0. The molecule has 0 unspecified atom stereocenters. The SMILES string of the molecule is O=C1CCCC1.[Al+3].[Cl-].[Cl-].[Cl-]. The quantitative estimate of drug-likeness (QED) is 0.369. The van der Waals surface area contributed by atoms with Gasteiger partial charge in [-0.25, -0.2) is 0 Å². The molecule has 1 aliphatic rings. The molecule has 58 valence electrons. The van der Waals surface area contributed by atoms with Crippen LogP contribution in [0.5, 0.6) is 0 Å². The summed E-state index contributed by atoms with van der Waals surface area (Å²) < 4.78 is 0. The number of carbonyl (C=O) groups is 1. The maximum absolute atomic E-state index is 10.2. The van der Waals surface area contributed by atoms with Crippen LogP contribution in [0, 0.1) is 0 Å². The van der Waals surface area contributed by atoms with Gasteiger partial charge >= 0.3 is 17.4 Å². The summed E-state index contributed by atoms with van der Waals surface area (Å²) in [4.78, 5) is 10.2. The van der Waals surface area contributed by atoms with Crippen LogP contribution in [0.3, 0.4) is 0 Å². The molecule has 0 aromatic rings. The van der Waals surface area contributed by atoms with Gasteiger partial charge in [0.25, 0.3) is 0 Å². The third kappa shape index (κ3) is 9.07. The van der Waals surface area contributed by atoms with Gasteiger partial charge in [0.05, 0.1) is 0 Å². The molecule has 5 heteroatoms. The zero-order valence-corrected chi connectivity index (χ0v) is 8.87. The van der Waals surface area contributed by atoms with Crippen LogP contribution in [0.25, 0.3) is 0 Å². The van der Waals surface area contributed by atoms with Crippen molar-refractivity contribution in [3.05, 3.63) is 0 Å². The molecule has 0 N–H and O–H groups in total. The van der Waals surface area contributed by atoms with E-state index in [-0.39, 0.29) is 54.6 Å². The number of carbonyl (C=O) groups excluding carboxylic acids is 1. The summed E-state index contributed by atoms with van der Waals surface area (Å²) in [6.07, 6.45) is 3.97. The van der Waals surface area contributed by atoms with E-state index in [4.69, 9.17) is 0 Å². The second-order valence-electron chi connectivity index (χ2n) is 1.75. The Morgan fingerprint density at radius 1 is 0.900 bits per heavy atom. The average Bonchev–Trinajstić information content (AvgIpc) is 1.86. The van der Waals surface area contributed by atoms with Gasteiger partial charge in [-0.2, -0.15) is 0 Å². The first-order valence-electron chi connectivity index (χ1n) is 2.41. The Morgan fingerprint density at radius 3 is 1.30 bits per heavy atom. The topological polar surface area (TPSA) is 17.1 Å². The van der Waals surface area contributed by atoms with Crippen molar-refractivity contribution < 1.29 is 42.0 Å². The Bertz CT molecular complexity index is 71.3. The van der Waals surface area contributed by atoms with Gasteiger partial charge in [-0.05, 0) is 12.8 Å². The van der Waals surface area contributed by atoms with Crippen LogP contribution < -0.4 is 37.2 Å². The second-order valence-corrected chi connectivity index (χ2v) is 1.75. The Balaban J connectivity index is -0.0000000450. The zero-order chi connectivity index (χ0) is 4.41. The summed E-state index contributed by atoms with van der Waals surface area (Å²) in [6, 6.07) is 0. The molecule has 0 aromatic heterocycles. The Morgan fingerprint density at radius 2 is 1.20 bits per heavy atom. The number of halogens is 3. The van der Waals surface area contributed by atoms with Gasteiger partial charge in [-0.15, -0.1) is 0 Å². The number of rotatable bonds is 0. The van der Waals surface area contributed by atoms with Crippen LogP contribution in [0.4, 0.5) is 0 Å². The summed E-state index contributed by atoms with van der Waals surface area (Å²) in [7, 11) is 0. The predicted octanol–water partition coefficient (Wildman–Crippen LogP) is -8.24. The minimum Gasteiger partial charge on any atom is -1.00 e. The molecule has 1 saturated carbocycles. The van der Waals surface area contributed by atoms with E-state index in [1.54, 1.807) is 0 Å². The Labute approximate surface area is 90.7 Å². The monoisotopic (exact) mass is 216 g/mol. The minimum absolute atomic E-state index is 0. The molecule has 0 aromatic carbocycles. The second kappa shape index (κ2) is 12.7. The van der Waals surface area contributed by atoms with Gasteiger partial charge in [-0.3, -0.25) is 4.79 Å². The maximum atomic E-state index is 10.2. The third-order valence-electron chi connectivity index (χ3n) is 1.16. The summed E-state index contributed by atoms with van der Waals surface area (Å²) in [5.41, 5.74) is 0. The van der Waals surface area contributed by atoms with Gasteiger partial charge in [-0.1, -0.05) is 0 Å². The van der Waals surface area contributed by atoms with E-state index >= 15 is 0 Å². The van der Waals surface area contributed by atoms with Crippen molar-refractivity contribution in [2.24, 2.45) is 0 Å². The average molecular weight is 217 g/mol. The third-order valence-corrected chi connectivity index (χ3v) is 1.16. The number of hydrogen-bond acceptors (Lipinski definition) is 1. The standard InChI is InChI=1S/C5H8O.Al.3ClH/c6-5-3-1-2-4-5;;;;/h1-4H2;;3*1H/q;+3;;;/p-3. The molecule has 10 heavy (non-hydrogen) atoms. The van der Waals surface area contributed by atoms with Crippen molar-refractivity contribution in [1.29, 1.82) is 0 Å². The van der Waals surface area contributed by atoms with Gasteiger partial charge in [0.1, 0.15) is 5.78 Å². The molecule has 1 rings (SSSR count). The van der Waals surface area contributed by atoms with E-state index in [2.05, 4.69) is 0 Å². The fourth-order valence-electron chi connectivity index (χ4n) is 0.769. The van der Waals surface area contributed by atoms with E-state index < -0.39 is 0 Å². The largest absolute Gasteiger partial charge is 3.00 e. The van der Waals surface area contributed by atoms with Gasteiger partial charge < -0.3 is 37.2 Å². The molecule has 0 heterocycles. The summed E-state index contributed by atoms with van der Waals surface area (Å²) in [6.45, 7) is 0. The molecule has 0 spiro atoms. The van der Waals surface area contributed by atoms with Crippen LogP contribution in [-0.2, 0) is 4.79 Å². The Kier molecular flexibility index (Phi) is 28.6. The molecule has 0 atom stereocenters. The number of Topliss-reactive ketones (excluding diaryl/α,β-unsaturated/α-hetero) is 1. The Hall–Kier alpha value is 1.07. The van der Waals surface area contributed by atoms with Crippen molar-refractivity contribution in [2.75, 3.05) is 0 Å². The number of ketones is 1. The molecule has 1 fully saturated rings. The van der Waals surface area contributed by atoms with Crippen LogP contribution in [-0.4, -0.2) is 23.1 Å². The molecular weight excluding hydrogens is 209 g/mol. The first-order valence-corrected chi connectivity index (χ1v) is 2.41. The molecule has 1 aliphatic carbocycles. The van der Waals surface area contributed by atoms with Crippen LogP contribution >= 0.6 is 0 Å². The van der Waals surface area contributed by atoms with Crippen LogP contribution in [0.2, 0.25) is 0 Å². The van der Waals surface area contributed by atoms with E-state index in [0.29, 0.717) is 5.78 Å². The molecule has 1 nitrogen and oxygen atoms in total. The molecular formula is C5H8AlCl3O. The molecule has 0 aliphatic heterocycles. The van der Waals surface area contributed by atoms with Crippen molar-refractivity contribution in [3.63, 3.8) is 0 Å². The van der Waals surface area contributed by atoms with Crippen molar-refractivity contribution >= 4 is 23.1 Å². The van der Waals surface area contributed by atoms with E-state index in [0.717, 1.165) is 25.7 Å². The van der Waals surface area contributed by atoms with Crippen molar-refractivity contribution in [1.82, 2.24) is 0 Å². The molecule has 0 bridgehead atoms. The fraction of sp³-hybridized carbons (Fsp3) is 0.800. The normalized spacial score (nSPS) is 13.4. The van der Waals surface area contributed by atoms with Crippen LogP contribution in [0.1, 0.15) is 25.7 Å². The maximum Gasteiger partial charge on any atom is 3.00 e. The van der Waals surface area contributed by atoms with Gasteiger partial charge in [0.15, 0.2) is 0 Å². The summed E-state index contributed by atoms with van der Waals surface area (Å²) in [5, 5.41) is 0. The summed E-state index contributed by atoms with van der Waals surface area (Å²) >= 11 is 0. The zero-order valence-electron chi connectivity index (χ0n) is 5.45. The van der Waals surface area contributed by atoms with Crippen molar-refractivity contribution in [3.8, 4) is 0 Å². The first-order chi connectivity index (χ1) is 2.89. The summed E-state index contributed by atoms with van der Waals surface area (Å²) in [5.74, 6) is 0.454. The van der Waals surface area contributed by atoms with Crippen LogP contribution in [0.15, 0.2) is 0 Å². The molecule has 0 radical (unpaired) electrons. The van der Waals surface area contributed by atoms with Gasteiger partial charge in [0, 0.05) is 12.8 Å². The van der Waals surface area contributed by atoms with Gasteiger partial charge in [0.2, 0.25) is 0 Å². The number of hydrogen-bond donors (Lipinski definition) is 0. The molecule has 0 saturated heterocycles. The smallest absolute Gasteiger partial charge is 1.00 e. The van der Waals surface area contributed by atoms with Crippen molar-refractivity contribution in [2.45, 2.75) is 25.7 Å². The van der Waals surface area contributed by atoms with E-state index in [1.165, 1.54) is 0 Å². The predicted molar refractivity (Wildman–Crippen MR) is 29.2 cm³/mol. The first kappa shape index (κ1) is 22.5.